The van der Waals surface area contributed by atoms with Gasteiger partial charge in [-0.2, -0.15) is 14.0 Å². The zero-order valence-electron chi connectivity index (χ0n) is 17.1. The number of hydrogen-bond donors (Lipinski definition) is 2. The first-order valence-electron chi connectivity index (χ1n) is 9.52. The van der Waals surface area contributed by atoms with Crippen molar-refractivity contribution in [2.24, 2.45) is 0 Å². The van der Waals surface area contributed by atoms with Crippen LogP contribution in [0.25, 0.3) is 10.9 Å². The number of alkyl halides is 3. The quantitative estimate of drug-likeness (QED) is 0.576. The number of anilines is 1. The number of hydrogen-bond acceptors (Lipinski definition) is 4. The third kappa shape index (κ3) is 4.50. The normalized spacial score (nSPS) is 11.6. The third-order valence-electron chi connectivity index (χ3n) is 4.88. The average Bonchev–Trinajstić information content (AvgIpc) is 3.16. The smallest absolute Gasteiger partial charge is 0.358 e. The maximum absolute atomic E-state index is 14.3. The number of nitrogens with one attached hydrogen (secondary N) is 1. The van der Waals surface area contributed by atoms with E-state index in [1.807, 2.05) is 0 Å². The summed E-state index contributed by atoms with van der Waals surface area (Å²) in [5.41, 5.74) is 1.09. The van der Waals surface area contributed by atoms with E-state index in [9.17, 15) is 18.3 Å². The van der Waals surface area contributed by atoms with E-state index in [4.69, 9.17) is 5.26 Å². The lowest BCUT2D eigenvalue weighted by Crippen LogP contribution is -2.26. The summed E-state index contributed by atoms with van der Waals surface area (Å²) >= 11 is 0. The second kappa shape index (κ2) is 8.71. The molecule has 0 saturated carbocycles. The van der Waals surface area contributed by atoms with Crippen molar-refractivity contribution >= 4 is 16.6 Å². The molecule has 0 saturated heterocycles. The van der Waals surface area contributed by atoms with E-state index in [1.54, 1.807) is 38.2 Å². The zero-order valence-corrected chi connectivity index (χ0v) is 17.1. The Balaban J connectivity index is 1.85. The molecular formula is C23H21F3N4O. The van der Waals surface area contributed by atoms with Crippen LogP contribution in [0.2, 0.25) is 0 Å². The largest absolute Gasteiger partial charge is 0.392 e. The molecule has 0 fully saturated rings. The van der Waals surface area contributed by atoms with E-state index >= 15 is 0 Å². The van der Waals surface area contributed by atoms with Crippen molar-refractivity contribution in [2.75, 3.05) is 18.5 Å². The Hall–Kier alpha value is -3.49. The number of aromatic nitrogens is 2. The molecule has 160 valence electrons. The van der Waals surface area contributed by atoms with E-state index < -0.39 is 18.1 Å². The maximum atomic E-state index is 14.3. The number of fused-ring (bicyclic) bond motifs is 1. The molecule has 0 unspecified atom stereocenters. The Morgan fingerprint density at radius 3 is 2.61 bits per heavy atom. The first kappa shape index (κ1) is 22.2. The second-order valence-corrected chi connectivity index (χ2v) is 7.50. The number of nitriles is 1. The van der Waals surface area contributed by atoms with Gasteiger partial charge in [-0.15, -0.1) is 0 Å². The topological polar surface area (TPSA) is 73.9 Å². The predicted octanol–water partition coefficient (Wildman–Crippen LogP) is 4.31. The molecule has 0 spiro atoms. The van der Waals surface area contributed by atoms with Crippen molar-refractivity contribution in [1.29, 1.82) is 5.26 Å². The standard InChI is InChI=1S/C23H21F3N4O/c1-22(2,15-27)21-9-8-17(12-29-21)28-10-4-6-18-11-19-16(13-31)5-3-7-20(19)30(18)23(25,26)14-24/h3,5,7-9,11-12,28,31H,10,13-14H2,1-2H3. The number of rotatable bonds is 6. The molecule has 5 nitrogen and oxygen atoms in total. The maximum Gasteiger partial charge on any atom is 0.358 e. The summed E-state index contributed by atoms with van der Waals surface area (Å²) in [6.07, 6.45) is 1.57. The lowest BCUT2D eigenvalue weighted by atomic mass is 9.91. The summed E-state index contributed by atoms with van der Waals surface area (Å²) in [5.74, 6) is 5.43. The van der Waals surface area contributed by atoms with Gasteiger partial charge < -0.3 is 10.4 Å². The highest BCUT2D eigenvalue weighted by atomic mass is 19.3. The van der Waals surface area contributed by atoms with E-state index in [2.05, 4.69) is 28.2 Å². The number of nitrogens with zero attached hydrogens (tertiary/aromatic N) is 3. The number of halogens is 3. The molecule has 3 rings (SSSR count). The molecule has 0 atom stereocenters. The Kier molecular flexibility index (Phi) is 6.24. The minimum absolute atomic E-state index is 0.0513. The summed E-state index contributed by atoms with van der Waals surface area (Å²) < 4.78 is 42.2. The van der Waals surface area contributed by atoms with Crippen LogP contribution in [0.15, 0.2) is 42.6 Å². The minimum Gasteiger partial charge on any atom is -0.392 e. The van der Waals surface area contributed by atoms with Crippen molar-refractivity contribution < 1.29 is 18.3 Å². The van der Waals surface area contributed by atoms with Crippen LogP contribution >= 0.6 is 0 Å². The van der Waals surface area contributed by atoms with Crippen LogP contribution < -0.4 is 5.32 Å². The molecule has 0 amide bonds. The fourth-order valence-electron chi connectivity index (χ4n) is 3.14. The molecule has 3 aromatic rings. The number of aliphatic hydroxyl groups excluding tert-OH is 1. The predicted molar refractivity (Wildman–Crippen MR) is 112 cm³/mol. The van der Waals surface area contributed by atoms with Crippen molar-refractivity contribution in [3.8, 4) is 17.9 Å². The van der Waals surface area contributed by atoms with Crippen LogP contribution in [-0.2, 0) is 18.1 Å². The lowest BCUT2D eigenvalue weighted by Gasteiger charge is -2.17. The van der Waals surface area contributed by atoms with Crippen LogP contribution in [0, 0.1) is 23.2 Å². The molecule has 0 aliphatic rings. The molecule has 1 aromatic carbocycles. The summed E-state index contributed by atoms with van der Waals surface area (Å²) in [6.45, 7) is 1.47. The number of aliphatic hydroxyl groups is 1. The molecule has 2 heterocycles. The monoisotopic (exact) mass is 426 g/mol. The summed E-state index contributed by atoms with van der Waals surface area (Å²) in [4.78, 5) is 4.26. The van der Waals surface area contributed by atoms with E-state index in [1.165, 1.54) is 18.2 Å². The highest BCUT2D eigenvalue weighted by Crippen LogP contribution is 2.32. The molecule has 0 aliphatic carbocycles. The van der Waals surface area contributed by atoms with Gasteiger partial charge in [-0.05, 0) is 49.6 Å². The molecule has 8 heteroatoms. The SMILES string of the molecule is CC(C)(C#N)c1ccc(NCC#Cc2cc3c(CO)cccc3n2C(F)(F)CF)cn1. The van der Waals surface area contributed by atoms with Crippen LogP contribution in [-0.4, -0.2) is 27.9 Å². The molecular weight excluding hydrogens is 405 g/mol. The highest BCUT2D eigenvalue weighted by molar-refractivity contribution is 5.86. The molecule has 2 N–H and O–H groups in total. The summed E-state index contributed by atoms with van der Waals surface area (Å²) in [5, 5.41) is 22.1. The van der Waals surface area contributed by atoms with Gasteiger partial charge >= 0.3 is 6.05 Å². The fraction of sp³-hybridized carbons (Fsp3) is 0.304. The number of benzene rings is 1. The zero-order chi connectivity index (χ0) is 22.6. The first-order valence-corrected chi connectivity index (χ1v) is 9.52. The van der Waals surface area contributed by atoms with Gasteiger partial charge in [-0.3, -0.25) is 9.55 Å². The van der Waals surface area contributed by atoms with Gasteiger partial charge in [-0.25, -0.2) is 4.39 Å². The average molecular weight is 426 g/mol. The van der Waals surface area contributed by atoms with Crippen molar-refractivity contribution in [1.82, 2.24) is 9.55 Å². The van der Waals surface area contributed by atoms with Crippen molar-refractivity contribution in [3.05, 3.63) is 59.5 Å². The van der Waals surface area contributed by atoms with Crippen molar-refractivity contribution in [2.45, 2.75) is 31.9 Å². The van der Waals surface area contributed by atoms with Crippen LogP contribution in [0.5, 0.6) is 0 Å². The molecule has 0 aliphatic heterocycles. The Labute approximate surface area is 178 Å². The second-order valence-electron chi connectivity index (χ2n) is 7.50. The molecule has 31 heavy (non-hydrogen) atoms. The highest BCUT2D eigenvalue weighted by Gasteiger charge is 2.35. The summed E-state index contributed by atoms with van der Waals surface area (Å²) in [6, 6.07) is 7.91. The molecule has 2 aromatic heterocycles. The minimum atomic E-state index is -3.76. The van der Waals surface area contributed by atoms with Crippen LogP contribution in [0.3, 0.4) is 0 Å². The summed E-state index contributed by atoms with van der Waals surface area (Å²) in [7, 11) is 0. The van der Waals surface area contributed by atoms with Gasteiger partial charge in [0.05, 0.1) is 53.4 Å². The van der Waals surface area contributed by atoms with Crippen LogP contribution in [0.1, 0.15) is 30.8 Å². The lowest BCUT2D eigenvalue weighted by molar-refractivity contribution is -0.0958. The van der Waals surface area contributed by atoms with E-state index in [0.717, 1.165) is 0 Å². The fourth-order valence-corrected chi connectivity index (χ4v) is 3.14. The van der Waals surface area contributed by atoms with Gasteiger partial charge in [0.1, 0.15) is 0 Å². The van der Waals surface area contributed by atoms with Crippen LogP contribution in [0.4, 0.5) is 18.9 Å². The van der Waals surface area contributed by atoms with Gasteiger partial charge in [-0.1, -0.05) is 18.1 Å². The van der Waals surface area contributed by atoms with Gasteiger partial charge in [0.15, 0.2) is 6.67 Å². The molecule has 0 radical (unpaired) electrons. The van der Waals surface area contributed by atoms with E-state index in [0.29, 0.717) is 26.9 Å². The van der Waals surface area contributed by atoms with Gasteiger partial charge in [0, 0.05) is 5.39 Å². The first-order chi connectivity index (χ1) is 14.7. The molecule has 0 bridgehead atoms. The number of pyridine rings is 1. The Bertz CT molecular complexity index is 1180. The Morgan fingerprint density at radius 2 is 2.00 bits per heavy atom. The van der Waals surface area contributed by atoms with E-state index in [-0.39, 0.29) is 24.4 Å². The Morgan fingerprint density at radius 1 is 1.23 bits per heavy atom. The van der Waals surface area contributed by atoms with Gasteiger partial charge in [0.25, 0.3) is 0 Å². The van der Waals surface area contributed by atoms with Crippen molar-refractivity contribution in [3.63, 3.8) is 0 Å². The van der Waals surface area contributed by atoms with Gasteiger partial charge in [0.2, 0.25) is 0 Å². The third-order valence-corrected chi connectivity index (χ3v) is 4.88.